The van der Waals surface area contributed by atoms with Crippen LogP contribution in [0.15, 0.2) is 70.6 Å². The fourth-order valence-corrected chi connectivity index (χ4v) is 4.28. The van der Waals surface area contributed by atoms with Crippen molar-refractivity contribution in [3.05, 3.63) is 71.8 Å². The van der Waals surface area contributed by atoms with Crippen molar-refractivity contribution in [3.8, 4) is 0 Å². The van der Waals surface area contributed by atoms with E-state index in [-0.39, 0.29) is 17.5 Å². The largest absolute Gasteiger partial charge is 0.478 e. The maximum absolute atomic E-state index is 6.14. The maximum atomic E-state index is 6.14. The lowest BCUT2D eigenvalue weighted by Crippen LogP contribution is -2.39. The van der Waals surface area contributed by atoms with Crippen molar-refractivity contribution in [3.63, 3.8) is 0 Å². The second kappa shape index (κ2) is 8.81. The van der Waals surface area contributed by atoms with Gasteiger partial charge in [-0.1, -0.05) is 74.5 Å². The average molecular weight is 391 g/mol. The summed E-state index contributed by atoms with van der Waals surface area (Å²) in [5.41, 5.74) is 2.24. The molecule has 0 saturated carbocycles. The maximum Gasteiger partial charge on any atom is 0.199 e. The zero-order valence-electron chi connectivity index (χ0n) is 17.4. The second-order valence-corrected chi connectivity index (χ2v) is 7.97. The van der Waals surface area contributed by atoms with Crippen molar-refractivity contribution in [1.29, 1.82) is 0 Å². The van der Waals surface area contributed by atoms with Crippen LogP contribution < -0.4 is 0 Å². The molecule has 0 spiro atoms. The summed E-state index contributed by atoms with van der Waals surface area (Å²) in [6, 6.07) is 21.3. The van der Waals surface area contributed by atoms with Crippen molar-refractivity contribution in [2.75, 3.05) is 13.2 Å². The van der Waals surface area contributed by atoms with Crippen LogP contribution in [0.3, 0.4) is 0 Å². The molecule has 4 nitrogen and oxygen atoms in total. The number of benzene rings is 2. The first-order valence-electron chi connectivity index (χ1n) is 10.7. The molecule has 2 aliphatic heterocycles. The van der Waals surface area contributed by atoms with Gasteiger partial charge in [0.2, 0.25) is 0 Å². The Kier molecular flexibility index (Phi) is 5.98. The topological polar surface area (TPSA) is 43.2 Å². The molecule has 4 rings (SSSR count). The van der Waals surface area contributed by atoms with E-state index in [4.69, 9.17) is 19.5 Å². The zero-order valence-corrected chi connectivity index (χ0v) is 17.4. The van der Waals surface area contributed by atoms with Crippen molar-refractivity contribution in [2.45, 2.75) is 51.6 Å². The van der Waals surface area contributed by atoms with Gasteiger partial charge in [-0.05, 0) is 36.8 Å². The van der Waals surface area contributed by atoms with Crippen molar-refractivity contribution in [1.82, 2.24) is 0 Å². The summed E-state index contributed by atoms with van der Waals surface area (Å²) < 4.78 is 12.3. The molecule has 2 heterocycles. The van der Waals surface area contributed by atoms with Crippen LogP contribution in [-0.4, -0.2) is 37.1 Å². The molecule has 0 saturated heterocycles. The Hall–Kier alpha value is -2.62. The summed E-state index contributed by atoms with van der Waals surface area (Å²) in [5, 5.41) is 0. The summed E-state index contributed by atoms with van der Waals surface area (Å²) in [6.07, 6.45) is 3.55. The van der Waals surface area contributed by atoms with Gasteiger partial charge in [-0.2, -0.15) is 0 Å². The van der Waals surface area contributed by atoms with Crippen LogP contribution in [0.1, 0.15) is 37.8 Å². The van der Waals surface area contributed by atoms with Gasteiger partial charge in [-0.15, -0.1) is 0 Å². The number of rotatable bonds is 8. The number of nitrogens with zero attached hydrogens (tertiary/aromatic N) is 2. The molecule has 0 fully saturated rings. The van der Waals surface area contributed by atoms with Crippen LogP contribution in [0.5, 0.6) is 0 Å². The molecule has 29 heavy (non-hydrogen) atoms. The number of ether oxygens (including phenoxy) is 2. The second-order valence-electron chi connectivity index (χ2n) is 7.97. The molecule has 0 aromatic heterocycles. The van der Waals surface area contributed by atoms with E-state index in [1.165, 1.54) is 11.1 Å². The quantitative estimate of drug-likeness (QED) is 0.645. The van der Waals surface area contributed by atoms with Gasteiger partial charge in [0.05, 0.1) is 12.1 Å². The SMILES string of the molecule is CCC(CC)(C1=N[C@@H](Cc2ccccc2)CO1)C1=N[C@@H](Cc2ccccc2)CO1. The van der Waals surface area contributed by atoms with E-state index in [2.05, 4.69) is 62.4 Å². The standard InChI is InChI=1S/C25H30N2O2/c1-3-25(4-2,23-26-21(17-28-23)15-19-11-7-5-8-12-19)24-27-22(18-29-24)16-20-13-9-6-10-14-20/h5-14,21-22H,3-4,15-18H2,1-2H3/t21-,22-/m0/s1. The molecule has 0 radical (unpaired) electrons. The van der Waals surface area contributed by atoms with Crippen LogP contribution in [0.2, 0.25) is 0 Å². The first-order valence-corrected chi connectivity index (χ1v) is 10.7. The predicted octanol–water partition coefficient (Wildman–Crippen LogP) is 4.87. The Balaban J connectivity index is 1.51. The van der Waals surface area contributed by atoms with E-state index < -0.39 is 0 Å². The highest BCUT2D eigenvalue weighted by Crippen LogP contribution is 2.36. The van der Waals surface area contributed by atoms with Gasteiger partial charge in [0, 0.05) is 0 Å². The summed E-state index contributed by atoms with van der Waals surface area (Å²) in [7, 11) is 0. The molecule has 0 aliphatic carbocycles. The first-order chi connectivity index (χ1) is 14.2. The molecule has 4 heteroatoms. The van der Waals surface area contributed by atoms with Gasteiger partial charge in [0.1, 0.15) is 18.6 Å². The lowest BCUT2D eigenvalue weighted by Gasteiger charge is -2.29. The fourth-order valence-electron chi connectivity index (χ4n) is 4.28. The first kappa shape index (κ1) is 19.7. The van der Waals surface area contributed by atoms with Gasteiger partial charge >= 0.3 is 0 Å². The van der Waals surface area contributed by atoms with Crippen LogP contribution in [0.4, 0.5) is 0 Å². The monoisotopic (exact) mass is 390 g/mol. The minimum atomic E-state index is -0.350. The molecular weight excluding hydrogens is 360 g/mol. The Morgan fingerprint density at radius 2 is 1.14 bits per heavy atom. The van der Waals surface area contributed by atoms with Gasteiger partial charge in [-0.3, -0.25) is 0 Å². The Bertz CT molecular complexity index is 787. The van der Waals surface area contributed by atoms with Gasteiger partial charge in [-0.25, -0.2) is 9.98 Å². The highest BCUT2D eigenvalue weighted by molar-refractivity contribution is 6.06. The zero-order chi connectivity index (χ0) is 20.1. The summed E-state index contributed by atoms with van der Waals surface area (Å²) in [6.45, 7) is 5.62. The molecule has 0 unspecified atom stereocenters. The van der Waals surface area contributed by atoms with Crippen LogP contribution in [-0.2, 0) is 22.3 Å². The predicted molar refractivity (Wildman–Crippen MR) is 118 cm³/mol. The smallest absolute Gasteiger partial charge is 0.199 e. The van der Waals surface area contributed by atoms with Crippen LogP contribution in [0.25, 0.3) is 0 Å². The highest BCUT2D eigenvalue weighted by Gasteiger charge is 2.46. The molecule has 2 aliphatic rings. The van der Waals surface area contributed by atoms with E-state index in [1.807, 2.05) is 12.1 Å². The lowest BCUT2D eigenvalue weighted by molar-refractivity contribution is 0.244. The average Bonchev–Trinajstić information content (AvgIpc) is 3.42. The lowest BCUT2D eigenvalue weighted by atomic mass is 9.81. The number of aliphatic imine (C=N–C) groups is 2. The number of hydrogen-bond donors (Lipinski definition) is 0. The van der Waals surface area contributed by atoms with E-state index in [9.17, 15) is 0 Å². The molecule has 0 amide bonds. The van der Waals surface area contributed by atoms with Crippen molar-refractivity contribution < 1.29 is 9.47 Å². The summed E-state index contributed by atoms with van der Waals surface area (Å²) in [4.78, 5) is 9.97. The third kappa shape index (κ3) is 4.21. The Morgan fingerprint density at radius 1 is 0.724 bits per heavy atom. The van der Waals surface area contributed by atoms with E-state index in [1.54, 1.807) is 0 Å². The molecule has 2 aromatic rings. The highest BCUT2D eigenvalue weighted by atomic mass is 16.5. The Labute approximate surface area is 173 Å². The summed E-state index contributed by atoms with van der Waals surface area (Å²) >= 11 is 0. The fraction of sp³-hybridized carbons (Fsp3) is 0.440. The van der Waals surface area contributed by atoms with E-state index >= 15 is 0 Å². The van der Waals surface area contributed by atoms with Gasteiger partial charge in [0.15, 0.2) is 11.8 Å². The van der Waals surface area contributed by atoms with Crippen LogP contribution in [0, 0.1) is 5.41 Å². The molecule has 0 bridgehead atoms. The van der Waals surface area contributed by atoms with E-state index in [0.29, 0.717) is 13.2 Å². The van der Waals surface area contributed by atoms with Gasteiger partial charge < -0.3 is 9.47 Å². The third-order valence-electron chi connectivity index (χ3n) is 6.08. The third-order valence-corrected chi connectivity index (χ3v) is 6.08. The molecule has 2 aromatic carbocycles. The molecule has 152 valence electrons. The minimum absolute atomic E-state index is 0.159. The molecular formula is C25H30N2O2. The van der Waals surface area contributed by atoms with Crippen molar-refractivity contribution in [2.24, 2.45) is 15.4 Å². The summed E-state index contributed by atoms with van der Waals surface area (Å²) in [5.74, 6) is 1.62. The van der Waals surface area contributed by atoms with E-state index in [0.717, 1.165) is 37.5 Å². The minimum Gasteiger partial charge on any atom is -0.478 e. The Morgan fingerprint density at radius 3 is 1.52 bits per heavy atom. The normalized spacial score (nSPS) is 21.3. The molecule has 2 atom stereocenters. The van der Waals surface area contributed by atoms with Crippen LogP contribution >= 0.6 is 0 Å². The van der Waals surface area contributed by atoms with Gasteiger partial charge in [0.25, 0.3) is 0 Å². The molecule has 0 N–H and O–H groups in total. The van der Waals surface area contributed by atoms with Crippen molar-refractivity contribution >= 4 is 11.8 Å². The number of hydrogen-bond acceptors (Lipinski definition) is 4.